The summed E-state index contributed by atoms with van der Waals surface area (Å²) in [7, 11) is 0. The van der Waals surface area contributed by atoms with E-state index in [0.29, 0.717) is 26.2 Å². The quantitative estimate of drug-likeness (QED) is 0.596. The Kier molecular flexibility index (Phi) is 6.17. The van der Waals surface area contributed by atoms with Crippen LogP contribution in [0.4, 0.5) is 0 Å². The highest BCUT2D eigenvalue weighted by molar-refractivity contribution is 5.81. The van der Waals surface area contributed by atoms with Crippen LogP contribution in [0.25, 0.3) is 11.3 Å². The minimum Gasteiger partial charge on any atom is -0.480 e. The highest BCUT2D eigenvalue weighted by Gasteiger charge is 2.31. The molecule has 1 aromatic carbocycles. The summed E-state index contributed by atoms with van der Waals surface area (Å²) in [5.74, 6) is 0.901. The molecule has 1 unspecified atom stereocenters. The molecule has 0 bridgehead atoms. The van der Waals surface area contributed by atoms with Crippen molar-refractivity contribution in [2.45, 2.75) is 25.5 Å². The van der Waals surface area contributed by atoms with Gasteiger partial charge in [-0.05, 0) is 42.7 Å². The molecule has 1 fully saturated rings. The molecule has 0 spiro atoms. The van der Waals surface area contributed by atoms with Crippen molar-refractivity contribution in [2.24, 2.45) is 0 Å². The van der Waals surface area contributed by atoms with Crippen LogP contribution in [-0.4, -0.2) is 69.3 Å². The molecule has 0 aliphatic carbocycles. The minimum absolute atomic E-state index is 0.0752. The first-order chi connectivity index (χ1) is 16.2. The van der Waals surface area contributed by atoms with Gasteiger partial charge in [-0.3, -0.25) is 19.5 Å². The van der Waals surface area contributed by atoms with Crippen molar-refractivity contribution < 1.29 is 9.53 Å². The van der Waals surface area contributed by atoms with E-state index in [0.717, 1.165) is 42.9 Å². The number of fused-ring (bicyclic) bond motifs is 1. The molecule has 2 aliphatic heterocycles. The summed E-state index contributed by atoms with van der Waals surface area (Å²) < 4.78 is 7.49. The van der Waals surface area contributed by atoms with Crippen molar-refractivity contribution in [2.75, 3.05) is 32.7 Å². The van der Waals surface area contributed by atoms with Crippen molar-refractivity contribution >= 4 is 5.91 Å². The maximum absolute atomic E-state index is 13.0. The van der Waals surface area contributed by atoms with E-state index in [9.17, 15) is 9.59 Å². The Morgan fingerprint density at radius 1 is 1.00 bits per heavy atom. The molecule has 0 saturated carbocycles. The zero-order valence-electron chi connectivity index (χ0n) is 18.5. The number of benzene rings is 1. The van der Waals surface area contributed by atoms with Crippen molar-refractivity contribution in [1.29, 1.82) is 0 Å². The van der Waals surface area contributed by atoms with E-state index in [4.69, 9.17) is 4.74 Å². The third-order valence-electron chi connectivity index (χ3n) is 6.33. The van der Waals surface area contributed by atoms with Gasteiger partial charge in [0.1, 0.15) is 5.75 Å². The predicted octanol–water partition coefficient (Wildman–Crippen LogP) is 1.84. The number of hydrogen-bond donors (Lipinski definition) is 0. The number of pyridine rings is 1. The highest BCUT2D eigenvalue weighted by atomic mass is 16.5. The zero-order valence-corrected chi connectivity index (χ0v) is 18.5. The number of piperazine rings is 1. The average molecular weight is 446 g/mol. The normalized spacial score (nSPS) is 18.4. The molecule has 0 radical (unpaired) electrons. The number of ether oxygens (including phenoxy) is 1. The van der Waals surface area contributed by atoms with Crippen LogP contribution in [0.15, 0.2) is 65.7 Å². The summed E-state index contributed by atoms with van der Waals surface area (Å²) >= 11 is 0. The van der Waals surface area contributed by atoms with Gasteiger partial charge in [-0.2, -0.15) is 5.10 Å². The number of para-hydroxylation sites is 1. The van der Waals surface area contributed by atoms with Gasteiger partial charge >= 0.3 is 0 Å². The van der Waals surface area contributed by atoms with Gasteiger partial charge in [0.25, 0.3) is 11.5 Å². The van der Waals surface area contributed by atoms with E-state index < -0.39 is 6.10 Å². The second-order valence-corrected chi connectivity index (χ2v) is 8.44. The third kappa shape index (κ3) is 4.80. The molecule has 1 saturated heterocycles. The maximum atomic E-state index is 13.0. The lowest BCUT2D eigenvalue weighted by atomic mass is 10.0. The van der Waals surface area contributed by atoms with Crippen LogP contribution in [-0.2, 0) is 17.8 Å². The van der Waals surface area contributed by atoms with Gasteiger partial charge < -0.3 is 9.64 Å². The molecule has 170 valence electrons. The monoisotopic (exact) mass is 445 g/mol. The molecule has 1 amide bonds. The van der Waals surface area contributed by atoms with Crippen molar-refractivity contribution in [3.05, 3.63) is 76.8 Å². The maximum Gasteiger partial charge on any atom is 0.266 e. The fourth-order valence-corrected chi connectivity index (χ4v) is 4.41. The third-order valence-corrected chi connectivity index (χ3v) is 6.33. The topological polar surface area (TPSA) is 80.6 Å². The van der Waals surface area contributed by atoms with Gasteiger partial charge in [-0.1, -0.05) is 18.2 Å². The molecular weight excluding hydrogens is 418 g/mol. The number of hydrogen-bond acceptors (Lipinski definition) is 6. The summed E-state index contributed by atoms with van der Waals surface area (Å²) in [5, 5.41) is 4.51. The number of amides is 1. The van der Waals surface area contributed by atoms with Gasteiger partial charge in [0.2, 0.25) is 0 Å². The Morgan fingerprint density at radius 2 is 1.85 bits per heavy atom. The van der Waals surface area contributed by atoms with Crippen molar-refractivity contribution in [3.8, 4) is 17.0 Å². The van der Waals surface area contributed by atoms with Crippen LogP contribution >= 0.6 is 0 Å². The highest BCUT2D eigenvalue weighted by Crippen LogP contribution is 2.28. The second kappa shape index (κ2) is 9.54. The second-order valence-electron chi connectivity index (χ2n) is 8.44. The largest absolute Gasteiger partial charge is 0.480 e. The smallest absolute Gasteiger partial charge is 0.266 e. The lowest BCUT2D eigenvalue weighted by Crippen LogP contribution is -2.53. The molecule has 0 N–H and O–H groups in total. The van der Waals surface area contributed by atoms with Crippen molar-refractivity contribution in [3.63, 3.8) is 0 Å². The summed E-state index contributed by atoms with van der Waals surface area (Å²) in [6, 6.07) is 15.0. The van der Waals surface area contributed by atoms with Gasteiger partial charge in [-0.25, -0.2) is 4.68 Å². The molecule has 5 rings (SSSR count). The van der Waals surface area contributed by atoms with E-state index in [-0.39, 0.29) is 11.5 Å². The van der Waals surface area contributed by atoms with Crippen LogP contribution in [0, 0.1) is 0 Å². The number of rotatable bonds is 5. The van der Waals surface area contributed by atoms with Gasteiger partial charge in [0, 0.05) is 56.7 Å². The van der Waals surface area contributed by atoms with E-state index in [2.05, 4.69) is 21.0 Å². The Balaban J connectivity index is 1.14. The average Bonchev–Trinajstić information content (AvgIpc) is 2.88. The standard InChI is InChI=1S/C25H27N5O3/c31-24-10-8-21(20-5-3-11-26-18-20)27-30(24)17-14-28-12-15-29(16-13-28)25(32)23-9-7-19-4-1-2-6-22(19)33-23/h1-6,8,10-11,18,23H,7,9,12-17H2. The lowest BCUT2D eigenvalue weighted by molar-refractivity contribution is -0.141. The van der Waals surface area contributed by atoms with E-state index in [1.807, 2.05) is 35.2 Å². The van der Waals surface area contributed by atoms with Crippen LogP contribution in [0.5, 0.6) is 5.75 Å². The molecule has 33 heavy (non-hydrogen) atoms. The lowest BCUT2D eigenvalue weighted by Gasteiger charge is -2.37. The van der Waals surface area contributed by atoms with Crippen molar-refractivity contribution in [1.82, 2.24) is 24.6 Å². The summed E-state index contributed by atoms with van der Waals surface area (Å²) in [6.07, 6.45) is 4.64. The number of aromatic nitrogens is 3. The summed E-state index contributed by atoms with van der Waals surface area (Å²) in [6.45, 7) is 4.08. The minimum atomic E-state index is -0.399. The molecule has 2 aromatic heterocycles. The van der Waals surface area contributed by atoms with Crippen LogP contribution < -0.4 is 10.3 Å². The van der Waals surface area contributed by atoms with Gasteiger partial charge in [0.15, 0.2) is 6.10 Å². The SMILES string of the molecule is O=C(C1CCc2ccccc2O1)N1CCN(CCn2nc(-c3cccnc3)ccc2=O)CC1. The summed E-state index contributed by atoms with van der Waals surface area (Å²) in [5.41, 5.74) is 2.66. The van der Waals surface area contributed by atoms with Crippen LogP contribution in [0.1, 0.15) is 12.0 Å². The molecular formula is C25H27N5O3. The molecule has 2 aliphatic rings. The number of aryl methyl sites for hydroxylation is 1. The predicted molar refractivity (Wildman–Crippen MR) is 124 cm³/mol. The molecule has 4 heterocycles. The first-order valence-corrected chi connectivity index (χ1v) is 11.4. The first kappa shape index (κ1) is 21.3. The zero-order chi connectivity index (χ0) is 22.6. The van der Waals surface area contributed by atoms with E-state index >= 15 is 0 Å². The van der Waals surface area contributed by atoms with E-state index in [1.54, 1.807) is 24.5 Å². The Labute approximate surface area is 192 Å². The van der Waals surface area contributed by atoms with E-state index in [1.165, 1.54) is 10.2 Å². The number of nitrogens with zero attached hydrogens (tertiary/aromatic N) is 5. The number of carbonyl (C=O) groups excluding carboxylic acids is 1. The molecule has 8 nitrogen and oxygen atoms in total. The number of carbonyl (C=O) groups is 1. The fraction of sp³-hybridized carbons (Fsp3) is 0.360. The fourth-order valence-electron chi connectivity index (χ4n) is 4.41. The first-order valence-electron chi connectivity index (χ1n) is 11.4. The van der Waals surface area contributed by atoms with Crippen LogP contribution in [0.3, 0.4) is 0 Å². The molecule has 3 aromatic rings. The van der Waals surface area contributed by atoms with Gasteiger partial charge in [-0.15, -0.1) is 0 Å². The molecule has 1 atom stereocenters. The Bertz CT molecular complexity index is 1170. The Morgan fingerprint density at radius 3 is 2.67 bits per heavy atom. The van der Waals surface area contributed by atoms with Crippen LogP contribution in [0.2, 0.25) is 0 Å². The Hall–Kier alpha value is -3.52. The summed E-state index contributed by atoms with van der Waals surface area (Å²) in [4.78, 5) is 33.6. The molecule has 8 heteroatoms. The van der Waals surface area contributed by atoms with Gasteiger partial charge in [0.05, 0.1) is 12.2 Å².